The summed E-state index contributed by atoms with van der Waals surface area (Å²) in [5.41, 5.74) is 0.655. The van der Waals surface area contributed by atoms with Crippen molar-refractivity contribution in [1.82, 2.24) is 15.0 Å². The maximum absolute atomic E-state index is 12.0. The van der Waals surface area contributed by atoms with E-state index in [1.165, 1.54) is 0 Å². The summed E-state index contributed by atoms with van der Waals surface area (Å²) in [7, 11) is -3.23. The molecule has 6 heteroatoms. The molecule has 2 heterocycles. The first-order valence-corrected chi connectivity index (χ1v) is 7.76. The molecule has 1 aliphatic heterocycles. The standard InChI is InChI=1S/C12H19N3O2S/c1-12(5-8-14-10-12)15-18(16,17)9-4-11-2-6-13-7-3-11/h2-3,6-7,14-15H,4-5,8-10H2,1H3. The number of nitrogens with zero attached hydrogens (tertiary/aromatic N) is 1. The van der Waals surface area contributed by atoms with Crippen molar-refractivity contribution in [1.29, 1.82) is 0 Å². The van der Waals surface area contributed by atoms with E-state index in [0.29, 0.717) is 13.0 Å². The van der Waals surface area contributed by atoms with Gasteiger partial charge in [-0.1, -0.05) is 0 Å². The predicted molar refractivity (Wildman–Crippen MR) is 70.8 cm³/mol. The highest BCUT2D eigenvalue weighted by molar-refractivity contribution is 7.89. The Morgan fingerprint density at radius 2 is 2.17 bits per heavy atom. The van der Waals surface area contributed by atoms with Crippen LogP contribution in [0.4, 0.5) is 0 Å². The fourth-order valence-corrected chi connectivity index (χ4v) is 3.66. The highest BCUT2D eigenvalue weighted by Gasteiger charge is 2.32. The second-order valence-corrected chi connectivity index (χ2v) is 6.86. The van der Waals surface area contributed by atoms with Crippen LogP contribution in [0.15, 0.2) is 24.5 Å². The number of hydrogen-bond acceptors (Lipinski definition) is 4. The van der Waals surface area contributed by atoms with Crippen molar-refractivity contribution in [3.05, 3.63) is 30.1 Å². The van der Waals surface area contributed by atoms with Gasteiger partial charge in [0.25, 0.3) is 0 Å². The van der Waals surface area contributed by atoms with Crippen LogP contribution in [0, 0.1) is 0 Å². The quantitative estimate of drug-likeness (QED) is 0.806. The Labute approximate surface area is 108 Å². The maximum Gasteiger partial charge on any atom is 0.212 e. The van der Waals surface area contributed by atoms with Crippen LogP contribution < -0.4 is 10.0 Å². The topological polar surface area (TPSA) is 71.1 Å². The summed E-state index contributed by atoms with van der Waals surface area (Å²) in [6.45, 7) is 3.50. The van der Waals surface area contributed by atoms with Gasteiger partial charge in [0, 0.05) is 24.5 Å². The summed E-state index contributed by atoms with van der Waals surface area (Å²) >= 11 is 0. The zero-order chi connectivity index (χ0) is 13.1. The molecule has 2 N–H and O–H groups in total. The average Bonchev–Trinajstić information content (AvgIpc) is 2.74. The first kappa shape index (κ1) is 13.5. The molecule has 2 rings (SSSR count). The molecule has 0 radical (unpaired) electrons. The normalized spacial score (nSPS) is 24.3. The van der Waals surface area contributed by atoms with Gasteiger partial charge in [-0.3, -0.25) is 4.98 Å². The minimum absolute atomic E-state index is 0.118. The van der Waals surface area contributed by atoms with E-state index in [1.807, 2.05) is 19.1 Å². The van der Waals surface area contributed by atoms with Crippen molar-refractivity contribution in [3.63, 3.8) is 0 Å². The van der Waals surface area contributed by atoms with Gasteiger partial charge in [0.1, 0.15) is 0 Å². The minimum Gasteiger partial charge on any atom is -0.315 e. The van der Waals surface area contributed by atoms with E-state index in [0.717, 1.165) is 18.5 Å². The molecule has 0 amide bonds. The first-order valence-electron chi connectivity index (χ1n) is 6.10. The SMILES string of the molecule is CC1(NS(=O)(=O)CCc2ccncc2)CCNC1. The minimum atomic E-state index is -3.23. The van der Waals surface area contributed by atoms with Crippen LogP contribution in [0.3, 0.4) is 0 Å². The molecule has 5 nitrogen and oxygen atoms in total. The molecule has 1 atom stereocenters. The van der Waals surface area contributed by atoms with Crippen molar-refractivity contribution in [2.45, 2.75) is 25.3 Å². The van der Waals surface area contributed by atoms with Gasteiger partial charge in [0.2, 0.25) is 10.0 Å². The molecule has 1 aromatic rings. The van der Waals surface area contributed by atoms with Crippen LogP contribution in [0.2, 0.25) is 0 Å². The van der Waals surface area contributed by atoms with Gasteiger partial charge in [0.05, 0.1) is 5.75 Å². The van der Waals surface area contributed by atoms with Gasteiger partial charge < -0.3 is 5.32 Å². The van der Waals surface area contributed by atoms with E-state index in [4.69, 9.17) is 0 Å². The molecule has 1 fully saturated rings. The van der Waals surface area contributed by atoms with Crippen LogP contribution in [-0.4, -0.2) is 37.8 Å². The predicted octanol–water partition coefficient (Wildman–Crippen LogP) is 0.295. The van der Waals surface area contributed by atoms with Crippen LogP contribution in [0.5, 0.6) is 0 Å². The van der Waals surface area contributed by atoms with E-state index in [2.05, 4.69) is 15.0 Å². The zero-order valence-corrected chi connectivity index (χ0v) is 11.3. The van der Waals surface area contributed by atoms with Crippen molar-refractivity contribution in [2.75, 3.05) is 18.8 Å². The molecule has 0 aromatic carbocycles. The first-order chi connectivity index (χ1) is 8.49. The number of aryl methyl sites for hydroxylation is 1. The number of aromatic nitrogens is 1. The second kappa shape index (κ2) is 5.34. The summed E-state index contributed by atoms with van der Waals surface area (Å²) in [5, 5.41) is 3.17. The summed E-state index contributed by atoms with van der Waals surface area (Å²) in [6.07, 6.45) is 4.71. The lowest BCUT2D eigenvalue weighted by atomic mass is 10.0. The van der Waals surface area contributed by atoms with Crippen LogP contribution in [0.25, 0.3) is 0 Å². The van der Waals surface area contributed by atoms with Crippen molar-refractivity contribution >= 4 is 10.0 Å². The largest absolute Gasteiger partial charge is 0.315 e. The van der Waals surface area contributed by atoms with E-state index in [-0.39, 0.29) is 11.3 Å². The fraction of sp³-hybridized carbons (Fsp3) is 0.583. The van der Waals surface area contributed by atoms with Gasteiger partial charge in [0.15, 0.2) is 0 Å². The third kappa shape index (κ3) is 3.76. The molecule has 0 spiro atoms. The zero-order valence-electron chi connectivity index (χ0n) is 10.5. The highest BCUT2D eigenvalue weighted by Crippen LogP contribution is 2.15. The van der Waals surface area contributed by atoms with E-state index in [9.17, 15) is 8.42 Å². The number of pyridine rings is 1. The number of hydrogen-bond donors (Lipinski definition) is 2. The summed E-state index contributed by atoms with van der Waals surface area (Å²) < 4.78 is 26.8. The lowest BCUT2D eigenvalue weighted by Gasteiger charge is -2.24. The second-order valence-electron chi connectivity index (χ2n) is 5.01. The summed E-state index contributed by atoms with van der Waals surface area (Å²) in [5.74, 6) is 0.118. The Bertz CT molecular complexity index is 481. The van der Waals surface area contributed by atoms with Crippen molar-refractivity contribution in [2.24, 2.45) is 0 Å². The molecule has 18 heavy (non-hydrogen) atoms. The van der Waals surface area contributed by atoms with Gasteiger partial charge in [-0.05, 0) is 44.0 Å². The molecule has 1 aromatic heterocycles. The van der Waals surface area contributed by atoms with E-state index < -0.39 is 10.0 Å². The monoisotopic (exact) mass is 269 g/mol. The Morgan fingerprint density at radius 1 is 1.44 bits per heavy atom. The molecule has 100 valence electrons. The number of rotatable bonds is 5. The number of nitrogens with one attached hydrogen (secondary N) is 2. The van der Waals surface area contributed by atoms with Gasteiger partial charge in [-0.15, -0.1) is 0 Å². The molecule has 1 saturated heterocycles. The Hall–Kier alpha value is -0.980. The van der Waals surface area contributed by atoms with Gasteiger partial charge in [-0.25, -0.2) is 13.1 Å². The third-order valence-corrected chi connectivity index (χ3v) is 4.72. The third-order valence-electron chi connectivity index (χ3n) is 3.18. The van der Waals surface area contributed by atoms with Gasteiger partial charge >= 0.3 is 0 Å². The molecule has 0 aliphatic carbocycles. The van der Waals surface area contributed by atoms with Crippen LogP contribution in [0.1, 0.15) is 18.9 Å². The lowest BCUT2D eigenvalue weighted by Crippen LogP contribution is -2.48. The molecule has 0 saturated carbocycles. The lowest BCUT2D eigenvalue weighted by molar-refractivity contribution is 0.452. The van der Waals surface area contributed by atoms with Crippen LogP contribution >= 0.6 is 0 Å². The average molecular weight is 269 g/mol. The fourth-order valence-electron chi connectivity index (χ4n) is 2.13. The summed E-state index contributed by atoms with van der Waals surface area (Å²) in [4.78, 5) is 3.91. The van der Waals surface area contributed by atoms with E-state index in [1.54, 1.807) is 12.4 Å². The highest BCUT2D eigenvalue weighted by atomic mass is 32.2. The van der Waals surface area contributed by atoms with Crippen molar-refractivity contribution in [3.8, 4) is 0 Å². The Morgan fingerprint density at radius 3 is 2.78 bits per heavy atom. The van der Waals surface area contributed by atoms with E-state index >= 15 is 0 Å². The molecule has 1 aliphatic rings. The van der Waals surface area contributed by atoms with Crippen LogP contribution in [-0.2, 0) is 16.4 Å². The molecular formula is C12H19N3O2S. The maximum atomic E-state index is 12.0. The number of sulfonamides is 1. The molecular weight excluding hydrogens is 250 g/mol. The Balaban J connectivity index is 1.92. The molecule has 0 bridgehead atoms. The Kier molecular flexibility index (Phi) is 3.99. The van der Waals surface area contributed by atoms with Crippen molar-refractivity contribution < 1.29 is 8.42 Å². The van der Waals surface area contributed by atoms with Gasteiger partial charge in [-0.2, -0.15) is 0 Å². The molecule has 1 unspecified atom stereocenters. The summed E-state index contributed by atoms with van der Waals surface area (Å²) in [6, 6.07) is 3.68. The smallest absolute Gasteiger partial charge is 0.212 e.